The molecular formula is C34H56N4O7. The number of aliphatic carboxylic acids is 1. The van der Waals surface area contributed by atoms with Crippen LogP contribution in [0, 0.1) is 23.2 Å². The van der Waals surface area contributed by atoms with Crippen LogP contribution in [0.1, 0.15) is 93.6 Å². The molecule has 0 saturated carbocycles. The quantitative estimate of drug-likeness (QED) is 0.136. The largest absolute Gasteiger partial charge is 0.480 e. The maximum atomic E-state index is 13.6. The van der Waals surface area contributed by atoms with Crippen LogP contribution in [0.15, 0.2) is 30.3 Å². The van der Waals surface area contributed by atoms with Crippen molar-refractivity contribution in [1.29, 1.82) is 0 Å². The maximum absolute atomic E-state index is 13.6. The summed E-state index contributed by atoms with van der Waals surface area (Å²) in [4.78, 5) is 64.7. The van der Waals surface area contributed by atoms with Crippen LogP contribution in [-0.2, 0) is 30.4 Å². The molecule has 6 N–H and O–H groups in total. The molecule has 0 bridgehead atoms. The molecule has 1 aromatic rings. The molecule has 1 rings (SSSR count). The van der Waals surface area contributed by atoms with E-state index in [2.05, 4.69) is 21.3 Å². The SMILES string of the molecule is CC[C@H](C)[C@H](NC(=O)C[C@H](O)[C@H](Cc1ccccc1)NC(=O)[C@@H](NC(=O)C(C)(CC)CC)C(C)C)C(=O)N[C@H](C(=O)O)C(C)C. The summed E-state index contributed by atoms with van der Waals surface area (Å²) in [7, 11) is 0. The molecule has 6 atom stereocenters. The van der Waals surface area contributed by atoms with Gasteiger partial charge in [-0.05, 0) is 42.6 Å². The molecule has 11 heteroatoms. The van der Waals surface area contributed by atoms with E-state index in [0.717, 1.165) is 5.56 Å². The molecule has 1 aromatic carbocycles. The van der Waals surface area contributed by atoms with Crippen LogP contribution in [0.4, 0.5) is 0 Å². The predicted octanol–water partition coefficient (Wildman–Crippen LogP) is 3.19. The zero-order chi connectivity index (χ0) is 34.5. The number of aliphatic hydroxyl groups is 1. The Labute approximate surface area is 268 Å². The first-order valence-electron chi connectivity index (χ1n) is 16.2. The molecule has 0 aliphatic rings. The number of aliphatic hydroxyl groups excluding tert-OH is 1. The van der Waals surface area contributed by atoms with Crippen molar-refractivity contribution in [2.75, 3.05) is 0 Å². The summed E-state index contributed by atoms with van der Waals surface area (Å²) in [6.07, 6.45) is 0.201. The highest BCUT2D eigenvalue weighted by Gasteiger charge is 2.36. The van der Waals surface area contributed by atoms with Crippen molar-refractivity contribution in [3.8, 4) is 0 Å². The van der Waals surface area contributed by atoms with Crippen molar-refractivity contribution in [1.82, 2.24) is 21.3 Å². The van der Waals surface area contributed by atoms with Gasteiger partial charge in [0.05, 0.1) is 18.6 Å². The molecule has 0 fully saturated rings. The summed E-state index contributed by atoms with van der Waals surface area (Å²) in [5.41, 5.74) is 0.189. The number of benzene rings is 1. The van der Waals surface area contributed by atoms with Gasteiger partial charge in [0, 0.05) is 5.41 Å². The van der Waals surface area contributed by atoms with E-state index >= 15 is 0 Å². The van der Waals surface area contributed by atoms with Gasteiger partial charge < -0.3 is 31.5 Å². The second-order valence-corrected chi connectivity index (χ2v) is 13.0. The molecule has 0 unspecified atom stereocenters. The smallest absolute Gasteiger partial charge is 0.326 e. The first-order valence-corrected chi connectivity index (χ1v) is 16.2. The molecule has 0 spiro atoms. The third-order valence-corrected chi connectivity index (χ3v) is 8.87. The number of amides is 4. The number of hydrogen-bond acceptors (Lipinski definition) is 6. The number of hydrogen-bond donors (Lipinski definition) is 6. The van der Waals surface area contributed by atoms with Gasteiger partial charge in [0.2, 0.25) is 23.6 Å². The Morgan fingerprint density at radius 1 is 0.756 bits per heavy atom. The Morgan fingerprint density at radius 3 is 1.76 bits per heavy atom. The van der Waals surface area contributed by atoms with Crippen LogP contribution < -0.4 is 21.3 Å². The van der Waals surface area contributed by atoms with Gasteiger partial charge in [-0.25, -0.2) is 4.79 Å². The molecule has 0 aliphatic heterocycles. The lowest BCUT2D eigenvalue weighted by Gasteiger charge is -2.32. The second kappa shape index (κ2) is 18.5. The van der Waals surface area contributed by atoms with E-state index < -0.39 is 65.8 Å². The maximum Gasteiger partial charge on any atom is 0.326 e. The zero-order valence-electron chi connectivity index (χ0n) is 28.5. The number of carboxylic acids is 1. The van der Waals surface area contributed by atoms with Crippen LogP contribution in [0.2, 0.25) is 0 Å². The van der Waals surface area contributed by atoms with E-state index in [1.807, 2.05) is 71.9 Å². The minimum absolute atomic E-state index is 0.214. The minimum Gasteiger partial charge on any atom is -0.480 e. The summed E-state index contributed by atoms with van der Waals surface area (Å²) >= 11 is 0. The van der Waals surface area contributed by atoms with Gasteiger partial charge in [0.25, 0.3) is 0 Å². The molecule has 0 radical (unpaired) electrons. The van der Waals surface area contributed by atoms with E-state index in [1.165, 1.54) is 0 Å². The van der Waals surface area contributed by atoms with Gasteiger partial charge in [0.15, 0.2) is 0 Å². The minimum atomic E-state index is -1.34. The van der Waals surface area contributed by atoms with Gasteiger partial charge in [-0.3, -0.25) is 19.2 Å². The van der Waals surface area contributed by atoms with Crippen LogP contribution in [-0.4, -0.2) is 70.1 Å². The standard InChI is InChI=1S/C34H56N4O7/c1-10-22(8)29(31(42)37-28(21(6)7)32(43)44)36-26(40)19-25(39)24(18-23-16-14-13-15-17-23)35-30(41)27(20(4)5)38-33(45)34(9,11-2)12-3/h13-17,20-22,24-25,27-29,39H,10-12,18-19H2,1-9H3,(H,35,41)(H,36,40)(H,37,42)(H,38,45)(H,43,44)/t22-,24-,25-,27-,28-,29-/m0/s1. The third kappa shape index (κ3) is 12.1. The normalized spacial score (nSPS) is 15.7. The fourth-order valence-electron chi connectivity index (χ4n) is 4.87. The van der Waals surface area contributed by atoms with Crippen molar-refractivity contribution < 1.29 is 34.2 Å². The lowest BCUT2D eigenvalue weighted by Crippen LogP contribution is -2.58. The number of nitrogens with one attached hydrogen (secondary N) is 4. The Balaban J connectivity index is 3.20. The molecular weight excluding hydrogens is 576 g/mol. The van der Waals surface area contributed by atoms with Crippen LogP contribution in [0.25, 0.3) is 0 Å². The molecule has 0 aliphatic carbocycles. The third-order valence-electron chi connectivity index (χ3n) is 8.87. The summed E-state index contributed by atoms with van der Waals surface area (Å²) in [5.74, 6) is -4.06. The van der Waals surface area contributed by atoms with Crippen molar-refractivity contribution in [3.63, 3.8) is 0 Å². The number of carbonyl (C=O) groups is 5. The monoisotopic (exact) mass is 632 g/mol. The van der Waals surface area contributed by atoms with Crippen molar-refractivity contribution in [2.24, 2.45) is 23.2 Å². The molecule has 0 heterocycles. The van der Waals surface area contributed by atoms with Crippen LogP contribution in [0.5, 0.6) is 0 Å². The van der Waals surface area contributed by atoms with Gasteiger partial charge in [-0.15, -0.1) is 0 Å². The van der Waals surface area contributed by atoms with Gasteiger partial charge in [0.1, 0.15) is 18.1 Å². The summed E-state index contributed by atoms with van der Waals surface area (Å²) in [6, 6.07) is 5.30. The first kappa shape index (κ1) is 39.6. The Kier molecular flexibility index (Phi) is 16.2. The Hall–Kier alpha value is -3.47. The Morgan fingerprint density at radius 2 is 1.29 bits per heavy atom. The first-order chi connectivity index (χ1) is 21.0. The van der Waals surface area contributed by atoms with Gasteiger partial charge in [-0.1, -0.05) is 99.1 Å². The summed E-state index contributed by atoms with van der Waals surface area (Å²) in [6.45, 7) is 16.3. The van der Waals surface area contributed by atoms with Gasteiger partial charge >= 0.3 is 5.97 Å². The summed E-state index contributed by atoms with van der Waals surface area (Å²) < 4.78 is 0. The van der Waals surface area contributed by atoms with E-state index in [-0.39, 0.29) is 30.1 Å². The van der Waals surface area contributed by atoms with E-state index in [9.17, 15) is 34.2 Å². The fraction of sp³-hybridized carbons (Fsp3) is 0.676. The lowest BCUT2D eigenvalue weighted by atomic mass is 9.83. The second-order valence-electron chi connectivity index (χ2n) is 13.0. The number of carboxylic acid groups (broad SMARTS) is 1. The highest BCUT2D eigenvalue weighted by molar-refractivity contribution is 5.91. The topological polar surface area (TPSA) is 174 Å². The van der Waals surface area contributed by atoms with Gasteiger partial charge in [-0.2, -0.15) is 0 Å². The average Bonchev–Trinajstić information content (AvgIpc) is 2.99. The average molecular weight is 633 g/mol. The fourth-order valence-corrected chi connectivity index (χ4v) is 4.87. The van der Waals surface area contributed by atoms with E-state index in [0.29, 0.717) is 19.3 Å². The van der Waals surface area contributed by atoms with Crippen molar-refractivity contribution in [3.05, 3.63) is 35.9 Å². The molecule has 0 saturated heterocycles. The predicted molar refractivity (Wildman–Crippen MR) is 174 cm³/mol. The molecule has 45 heavy (non-hydrogen) atoms. The highest BCUT2D eigenvalue weighted by atomic mass is 16.4. The molecule has 4 amide bonds. The highest BCUT2D eigenvalue weighted by Crippen LogP contribution is 2.26. The summed E-state index contributed by atoms with van der Waals surface area (Å²) in [5, 5.41) is 31.8. The molecule has 254 valence electrons. The van der Waals surface area contributed by atoms with Crippen molar-refractivity contribution in [2.45, 2.75) is 125 Å². The number of rotatable bonds is 19. The lowest BCUT2D eigenvalue weighted by molar-refractivity contribution is -0.143. The van der Waals surface area contributed by atoms with Crippen LogP contribution in [0.3, 0.4) is 0 Å². The van der Waals surface area contributed by atoms with Crippen LogP contribution >= 0.6 is 0 Å². The van der Waals surface area contributed by atoms with E-state index in [1.54, 1.807) is 20.8 Å². The number of carbonyl (C=O) groups excluding carboxylic acids is 4. The molecule has 0 aromatic heterocycles. The molecule has 11 nitrogen and oxygen atoms in total. The zero-order valence-corrected chi connectivity index (χ0v) is 28.5. The Bertz CT molecular complexity index is 1120. The van der Waals surface area contributed by atoms with E-state index in [4.69, 9.17) is 0 Å². The van der Waals surface area contributed by atoms with Crippen molar-refractivity contribution >= 4 is 29.6 Å².